The molecule has 4 N–H and O–H groups in total. The van der Waals surface area contributed by atoms with Gasteiger partial charge in [0.05, 0.1) is 5.69 Å². The van der Waals surface area contributed by atoms with Crippen molar-refractivity contribution in [2.45, 2.75) is 38.5 Å². The molecule has 0 radical (unpaired) electrons. The minimum absolute atomic E-state index is 0.463. The van der Waals surface area contributed by atoms with Gasteiger partial charge >= 0.3 is 0 Å². The standard InChI is InChI=1S/C14H21N3/c1-8-5-9-3-2-4-11(8)13(9)10-6-12(15)14(16)17-7-10/h6-9,11,13H,2-5,15H2,1H3,(H2,16,17). The topological polar surface area (TPSA) is 64.9 Å². The summed E-state index contributed by atoms with van der Waals surface area (Å²) >= 11 is 0. The molecule has 1 aromatic heterocycles. The van der Waals surface area contributed by atoms with E-state index in [1.165, 1.54) is 31.2 Å². The summed E-state index contributed by atoms with van der Waals surface area (Å²) in [6.07, 6.45) is 7.45. The van der Waals surface area contributed by atoms with Crippen molar-refractivity contribution >= 4 is 11.5 Å². The molecule has 92 valence electrons. The highest BCUT2D eigenvalue weighted by Gasteiger charge is 2.44. The Bertz CT molecular complexity index is 429. The molecule has 4 unspecified atom stereocenters. The maximum Gasteiger partial charge on any atom is 0.146 e. The monoisotopic (exact) mass is 231 g/mol. The second kappa shape index (κ2) is 3.90. The maximum atomic E-state index is 5.89. The lowest BCUT2D eigenvalue weighted by molar-refractivity contribution is 0.283. The van der Waals surface area contributed by atoms with E-state index >= 15 is 0 Å². The van der Waals surface area contributed by atoms with E-state index < -0.39 is 0 Å². The summed E-state index contributed by atoms with van der Waals surface area (Å²) in [6, 6.07) is 2.05. The molecule has 0 aromatic carbocycles. The molecule has 0 aliphatic heterocycles. The predicted octanol–water partition coefficient (Wildman–Crippen LogP) is 2.79. The first-order chi connectivity index (χ1) is 8.16. The molecule has 3 rings (SSSR count). The normalized spacial score (nSPS) is 36.1. The van der Waals surface area contributed by atoms with Crippen molar-refractivity contribution in [3.05, 3.63) is 17.8 Å². The van der Waals surface area contributed by atoms with Gasteiger partial charge < -0.3 is 11.5 Å². The molecule has 2 aliphatic carbocycles. The van der Waals surface area contributed by atoms with Gasteiger partial charge in [-0.1, -0.05) is 13.3 Å². The fourth-order valence-corrected chi connectivity index (χ4v) is 4.09. The highest BCUT2D eigenvalue weighted by atomic mass is 14.9. The number of hydrogen-bond donors (Lipinski definition) is 2. The van der Waals surface area contributed by atoms with Gasteiger partial charge in [0.2, 0.25) is 0 Å². The summed E-state index contributed by atoms with van der Waals surface area (Å²) in [4.78, 5) is 4.23. The van der Waals surface area contributed by atoms with Gasteiger partial charge in [-0.3, -0.25) is 0 Å². The van der Waals surface area contributed by atoms with Gasteiger partial charge in [0.1, 0.15) is 5.82 Å². The predicted molar refractivity (Wildman–Crippen MR) is 70.4 cm³/mol. The molecule has 4 atom stereocenters. The number of rotatable bonds is 1. The molecule has 2 aliphatic rings. The lowest BCUT2D eigenvalue weighted by Crippen LogP contribution is -2.20. The maximum absolute atomic E-state index is 5.89. The molecular formula is C14H21N3. The van der Waals surface area contributed by atoms with Crippen LogP contribution in [0.3, 0.4) is 0 Å². The Kier molecular flexibility index (Phi) is 2.49. The molecular weight excluding hydrogens is 210 g/mol. The third-order valence-electron chi connectivity index (χ3n) is 4.84. The van der Waals surface area contributed by atoms with Crippen molar-refractivity contribution in [2.75, 3.05) is 11.5 Å². The summed E-state index contributed by atoms with van der Waals surface area (Å²) in [5.74, 6) is 3.66. The van der Waals surface area contributed by atoms with Crippen molar-refractivity contribution in [2.24, 2.45) is 17.8 Å². The van der Waals surface area contributed by atoms with Crippen LogP contribution in [0.5, 0.6) is 0 Å². The number of nitrogen functional groups attached to an aromatic ring is 2. The summed E-state index contributed by atoms with van der Waals surface area (Å²) in [6.45, 7) is 2.40. The van der Waals surface area contributed by atoms with E-state index in [0.717, 1.165) is 17.8 Å². The van der Waals surface area contributed by atoms with Gasteiger partial charge in [-0.2, -0.15) is 0 Å². The van der Waals surface area contributed by atoms with Crippen LogP contribution in [-0.4, -0.2) is 4.98 Å². The minimum Gasteiger partial charge on any atom is -0.396 e. The fraction of sp³-hybridized carbons (Fsp3) is 0.643. The zero-order valence-electron chi connectivity index (χ0n) is 10.4. The Morgan fingerprint density at radius 2 is 2.12 bits per heavy atom. The second-order valence-corrected chi connectivity index (χ2v) is 5.84. The largest absolute Gasteiger partial charge is 0.396 e. The fourth-order valence-electron chi connectivity index (χ4n) is 4.09. The lowest BCUT2D eigenvalue weighted by atomic mass is 9.74. The van der Waals surface area contributed by atoms with Gasteiger partial charge in [0.15, 0.2) is 0 Å². The van der Waals surface area contributed by atoms with E-state index in [-0.39, 0.29) is 0 Å². The molecule has 2 fully saturated rings. The zero-order chi connectivity index (χ0) is 12.0. The Balaban J connectivity index is 1.96. The number of anilines is 2. The quantitative estimate of drug-likeness (QED) is 0.781. The van der Waals surface area contributed by atoms with Crippen LogP contribution in [0.15, 0.2) is 12.3 Å². The second-order valence-electron chi connectivity index (χ2n) is 5.84. The Morgan fingerprint density at radius 3 is 2.82 bits per heavy atom. The Hall–Kier alpha value is -1.25. The zero-order valence-corrected chi connectivity index (χ0v) is 10.4. The van der Waals surface area contributed by atoms with E-state index in [1.54, 1.807) is 0 Å². The third-order valence-corrected chi connectivity index (χ3v) is 4.84. The van der Waals surface area contributed by atoms with Crippen LogP contribution in [-0.2, 0) is 0 Å². The third kappa shape index (κ3) is 1.68. The first-order valence-electron chi connectivity index (χ1n) is 6.67. The molecule has 1 aromatic rings. The summed E-state index contributed by atoms with van der Waals surface area (Å²) < 4.78 is 0. The number of fused-ring (bicyclic) bond motifs is 2. The Morgan fingerprint density at radius 1 is 1.29 bits per heavy atom. The van der Waals surface area contributed by atoms with E-state index in [9.17, 15) is 0 Å². The average molecular weight is 231 g/mol. The SMILES string of the molecule is CC1CC2CCCC1C2c1cnc(N)c(N)c1. The molecule has 2 saturated carbocycles. The molecule has 0 amide bonds. The number of nitrogens with two attached hydrogens (primary N) is 2. The van der Waals surface area contributed by atoms with Gasteiger partial charge in [-0.05, 0) is 54.6 Å². The van der Waals surface area contributed by atoms with Crippen LogP contribution in [0.2, 0.25) is 0 Å². The summed E-state index contributed by atoms with van der Waals surface area (Å²) in [5, 5.41) is 0. The van der Waals surface area contributed by atoms with E-state index in [0.29, 0.717) is 17.4 Å². The number of hydrogen-bond acceptors (Lipinski definition) is 3. The Labute approximate surface area is 103 Å². The average Bonchev–Trinajstić information content (AvgIpc) is 2.50. The number of nitrogens with zero attached hydrogens (tertiary/aromatic N) is 1. The molecule has 2 bridgehead atoms. The van der Waals surface area contributed by atoms with Crippen molar-refractivity contribution in [1.82, 2.24) is 4.98 Å². The summed E-state index contributed by atoms with van der Waals surface area (Å²) in [7, 11) is 0. The van der Waals surface area contributed by atoms with E-state index in [1.807, 2.05) is 6.20 Å². The van der Waals surface area contributed by atoms with Crippen molar-refractivity contribution < 1.29 is 0 Å². The van der Waals surface area contributed by atoms with Crippen LogP contribution < -0.4 is 11.5 Å². The molecule has 1 heterocycles. The van der Waals surface area contributed by atoms with Crippen molar-refractivity contribution in [3.63, 3.8) is 0 Å². The van der Waals surface area contributed by atoms with Crippen LogP contribution in [0.25, 0.3) is 0 Å². The highest BCUT2D eigenvalue weighted by molar-refractivity contribution is 5.59. The lowest BCUT2D eigenvalue weighted by Gasteiger charge is -2.31. The van der Waals surface area contributed by atoms with E-state index in [2.05, 4.69) is 18.0 Å². The molecule has 3 nitrogen and oxygen atoms in total. The van der Waals surface area contributed by atoms with Gasteiger partial charge in [-0.25, -0.2) is 4.98 Å². The van der Waals surface area contributed by atoms with Crippen LogP contribution in [0, 0.1) is 17.8 Å². The van der Waals surface area contributed by atoms with Gasteiger partial charge in [0, 0.05) is 6.20 Å². The van der Waals surface area contributed by atoms with Crippen molar-refractivity contribution in [1.29, 1.82) is 0 Å². The van der Waals surface area contributed by atoms with Crippen molar-refractivity contribution in [3.8, 4) is 0 Å². The summed E-state index contributed by atoms with van der Waals surface area (Å²) in [5.41, 5.74) is 13.5. The number of aromatic nitrogens is 1. The number of pyridine rings is 1. The molecule has 0 spiro atoms. The smallest absolute Gasteiger partial charge is 0.146 e. The van der Waals surface area contributed by atoms with Crippen LogP contribution >= 0.6 is 0 Å². The first-order valence-corrected chi connectivity index (χ1v) is 6.67. The van der Waals surface area contributed by atoms with Gasteiger partial charge in [0.25, 0.3) is 0 Å². The molecule has 0 saturated heterocycles. The molecule has 17 heavy (non-hydrogen) atoms. The van der Waals surface area contributed by atoms with Gasteiger partial charge in [-0.15, -0.1) is 0 Å². The van der Waals surface area contributed by atoms with Crippen LogP contribution in [0.4, 0.5) is 11.5 Å². The highest BCUT2D eigenvalue weighted by Crippen LogP contribution is 2.54. The first kappa shape index (κ1) is 10.9. The minimum atomic E-state index is 0.463. The van der Waals surface area contributed by atoms with Crippen LogP contribution in [0.1, 0.15) is 44.1 Å². The van der Waals surface area contributed by atoms with E-state index in [4.69, 9.17) is 11.5 Å². The molecule has 3 heteroatoms.